The predicted octanol–water partition coefficient (Wildman–Crippen LogP) is 4.04. The van der Waals surface area contributed by atoms with Gasteiger partial charge >= 0.3 is 5.92 Å². The molecule has 2 aromatic heterocycles. The standard InChI is InChI=1S/C25H21F2N5O2/c1-25(26,27)24(34)30-20-14-22(33)31(23(20)16-5-3-2-4-6-16)19-7-8-21-17(13-19)15-29-32(21)18-9-11-28-12-10-18/h2-13,15,20,23H,14H2,1H3,(H,30,34)/t20-,23+/m1/s1. The molecule has 1 aliphatic heterocycles. The van der Waals surface area contributed by atoms with E-state index in [2.05, 4.69) is 15.4 Å². The van der Waals surface area contributed by atoms with E-state index in [0.717, 1.165) is 22.2 Å². The summed E-state index contributed by atoms with van der Waals surface area (Å²) >= 11 is 0. The number of nitrogens with one attached hydrogen (secondary N) is 1. The van der Waals surface area contributed by atoms with Crippen LogP contribution in [0.4, 0.5) is 14.5 Å². The lowest BCUT2D eigenvalue weighted by Crippen LogP contribution is -2.46. The van der Waals surface area contributed by atoms with Gasteiger partial charge in [-0.2, -0.15) is 13.9 Å². The Morgan fingerprint density at radius 2 is 1.79 bits per heavy atom. The molecular formula is C25H21F2N5O2. The molecule has 3 heterocycles. The molecule has 0 saturated carbocycles. The van der Waals surface area contributed by atoms with Gasteiger partial charge in [-0.1, -0.05) is 30.3 Å². The van der Waals surface area contributed by atoms with Crippen molar-refractivity contribution in [1.82, 2.24) is 20.1 Å². The van der Waals surface area contributed by atoms with Crippen molar-refractivity contribution in [3.63, 3.8) is 0 Å². The number of nitrogens with zero attached hydrogens (tertiary/aromatic N) is 4. The average Bonchev–Trinajstić information content (AvgIpc) is 3.39. The molecule has 0 spiro atoms. The van der Waals surface area contributed by atoms with Gasteiger partial charge in [0.15, 0.2) is 0 Å². The number of hydrogen-bond donors (Lipinski definition) is 1. The van der Waals surface area contributed by atoms with Gasteiger partial charge in [0.1, 0.15) is 0 Å². The van der Waals surface area contributed by atoms with Crippen LogP contribution in [0.5, 0.6) is 0 Å². The van der Waals surface area contributed by atoms with Crippen LogP contribution in [0.1, 0.15) is 24.9 Å². The highest BCUT2D eigenvalue weighted by Crippen LogP contribution is 2.39. The fourth-order valence-corrected chi connectivity index (χ4v) is 4.36. The lowest BCUT2D eigenvalue weighted by Gasteiger charge is -2.29. The zero-order valence-electron chi connectivity index (χ0n) is 18.2. The maximum atomic E-state index is 13.6. The number of hydrogen-bond acceptors (Lipinski definition) is 4. The molecule has 1 N–H and O–H groups in total. The van der Waals surface area contributed by atoms with Crippen LogP contribution in [0.2, 0.25) is 0 Å². The first-order chi connectivity index (χ1) is 16.3. The number of anilines is 1. The second-order valence-electron chi connectivity index (χ2n) is 8.30. The van der Waals surface area contributed by atoms with Crippen molar-refractivity contribution in [2.75, 3.05) is 4.90 Å². The molecule has 0 unspecified atom stereocenters. The Kier molecular flexibility index (Phi) is 5.31. The minimum atomic E-state index is -3.54. The Morgan fingerprint density at radius 1 is 1.06 bits per heavy atom. The topological polar surface area (TPSA) is 80.1 Å². The molecule has 34 heavy (non-hydrogen) atoms. The molecule has 5 rings (SSSR count). The highest BCUT2D eigenvalue weighted by molar-refractivity contribution is 6.00. The minimum absolute atomic E-state index is 0.0876. The third-order valence-corrected chi connectivity index (χ3v) is 5.92. The molecule has 172 valence electrons. The smallest absolute Gasteiger partial charge is 0.321 e. The molecule has 0 aliphatic carbocycles. The molecule has 2 aromatic carbocycles. The van der Waals surface area contributed by atoms with E-state index in [1.807, 2.05) is 54.6 Å². The zero-order chi connectivity index (χ0) is 23.9. The second kappa shape index (κ2) is 8.33. The Morgan fingerprint density at radius 3 is 2.50 bits per heavy atom. The molecule has 2 atom stereocenters. The normalized spacial score (nSPS) is 18.4. The SMILES string of the molecule is CC(F)(F)C(=O)N[C@@H]1CC(=O)N(c2ccc3c(cnn3-c3ccncc3)c2)[C@H]1c1ccccc1. The number of carbonyl (C=O) groups excluding carboxylic acids is 2. The van der Waals surface area contributed by atoms with Crippen LogP contribution in [0, 0.1) is 0 Å². The van der Waals surface area contributed by atoms with Crippen LogP contribution in [0.3, 0.4) is 0 Å². The van der Waals surface area contributed by atoms with Gasteiger partial charge in [-0.05, 0) is 35.9 Å². The van der Waals surface area contributed by atoms with Gasteiger partial charge in [0.2, 0.25) is 5.91 Å². The average molecular weight is 461 g/mol. The van der Waals surface area contributed by atoms with Crippen LogP contribution < -0.4 is 10.2 Å². The van der Waals surface area contributed by atoms with Gasteiger partial charge in [-0.25, -0.2) is 4.68 Å². The largest absolute Gasteiger partial charge is 0.345 e. The predicted molar refractivity (Wildman–Crippen MR) is 123 cm³/mol. The van der Waals surface area contributed by atoms with E-state index in [1.54, 1.807) is 34.2 Å². The first-order valence-electron chi connectivity index (χ1n) is 10.8. The van der Waals surface area contributed by atoms with E-state index in [4.69, 9.17) is 0 Å². The summed E-state index contributed by atoms with van der Waals surface area (Å²) < 4.78 is 29.0. The molecule has 0 bridgehead atoms. The Balaban J connectivity index is 1.54. The Labute approximate surface area is 194 Å². The van der Waals surface area contributed by atoms with E-state index in [9.17, 15) is 18.4 Å². The maximum Gasteiger partial charge on any atom is 0.321 e. The van der Waals surface area contributed by atoms with Crippen molar-refractivity contribution >= 4 is 28.4 Å². The summed E-state index contributed by atoms with van der Waals surface area (Å²) in [6.07, 6.45) is 4.97. The van der Waals surface area contributed by atoms with Crippen LogP contribution in [-0.2, 0) is 9.59 Å². The highest BCUT2D eigenvalue weighted by Gasteiger charge is 2.45. The third kappa shape index (κ3) is 3.89. The van der Waals surface area contributed by atoms with E-state index < -0.39 is 23.9 Å². The van der Waals surface area contributed by atoms with E-state index in [-0.39, 0.29) is 12.3 Å². The van der Waals surface area contributed by atoms with Crippen LogP contribution >= 0.6 is 0 Å². The van der Waals surface area contributed by atoms with Gasteiger partial charge in [0, 0.05) is 36.8 Å². The lowest BCUT2D eigenvalue weighted by molar-refractivity contribution is -0.143. The van der Waals surface area contributed by atoms with Gasteiger partial charge < -0.3 is 10.2 Å². The zero-order valence-corrected chi connectivity index (χ0v) is 18.2. The van der Waals surface area contributed by atoms with Crippen LogP contribution in [-0.4, -0.2) is 38.5 Å². The molecule has 7 nitrogen and oxygen atoms in total. The van der Waals surface area contributed by atoms with Gasteiger partial charge in [0.25, 0.3) is 5.91 Å². The number of aromatic nitrogens is 3. The van der Waals surface area contributed by atoms with Crippen molar-refractivity contribution in [3.8, 4) is 5.69 Å². The number of carbonyl (C=O) groups is 2. The number of fused-ring (bicyclic) bond motifs is 1. The fraction of sp³-hybridized carbons (Fsp3) is 0.200. The molecule has 4 aromatic rings. The summed E-state index contributed by atoms with van der Waals surface area (Å²) in [6.45, 7) is 0.544. The highest BCUT2D eigenvalue weighted by atomic mass is 19.3. The number of pyridine rings is 1. The number of benzene rings is 2. The Bertz CT molecular complexity index is 1350. The first kappa shape index (κ1) is 21.7. The van der Waals surface area contributed by atoms with Crippen LogP contribution in [0.15, 0.2) is 79.3 Å². The molecule has 0 radical (unpaired) electrons. The molecular weight excluding hydrogens is 440 g/mol. The fourth-order valence-electron chi connectivity index (χ4n) is 4.36. The van der Waals surface area contributed by atoms with Crippen molar-refractivity contribution in [3.05, 3.63) is 84.8 Å². The summed E-state index contributed by atoms with van der Waals surface area (Å²) in [6, 6.07) is 16.8. The molecule has 1 saturated heterocycles. The van der Waals surface area contributed by atoms with E-state index in [1.165, 1.54) is 0 Å². The lowest BCUT2D eigenvalue weighted by atomic mass is 9.99. The first-order valence-corrected chi connectivity index (χ1v) is 10.8. The van der Waals surface area contributed by atoms with Crippen LogP contribution in [0.25, 0.3) is 16.6 Å². The monoisotopic (exact) mass is 461 g/mol. The third-order valence-electron chi connectivity index (χ3n) is 5.92. The maximum absolute atomic E-state index is 13.6. The summed E-state index contributed by atoms with van der Waals surface area (Å²) in [4.78, 5) is 30.8. The molecule has 9 heteroatoms. The van der Waals surface area contributed by atoms with Crippen molar-refractivity contribution < 1.29 is 18.4 Å². The van der Waals surface area contributed by atoms with Gasteiger partial charge in [-0.3, -0.25) is 14.6 Å². The molecule has 1 fully saturated rings. The minimum Gasteiger partial charge on any atom is -0.345 e. The quantitative estimate of drug-likeness (QED) is 0.487. The Hall–Kier alpha value is -4.14. The number of amides is 2. The molecule has 1 aliphatic rings. The summed E-state index contributed by atoms with van der Waals surface area (Å²) in [7, 11) is 0. The number of alkyl halides is 2. The van der Waals surface area contributed by atoms with Gasteiger partial charge in [-0.15, -0.1) is 0 Å². The summed E-state index contributed by atoms with van der Waals surface area (Å²) in [5.41, 5.74) is 3.03. The van der Waals surface area contributed by atoms with Crippen molar-refractivity contribution in [2.45, 2.75) is 31.4 Å². The number of halogens is 2. The van der Waals surface area contributed by atoms with E-state index >= 15 is 0 Å². The summed E-state index contributed by atoms with van der Waals surface area (Å²) in [5, 5.41) is 7.65. The van der Waals surface area contributed by atoms with Crippen molar-refractivity contribution in [2.24, 2.45) is 0 Å². The molecule has 2 amide bonds. The second-order valence-corrected chi connectivity index (χ2v) is 8.30. The van der Waals surface area contributed by atoms with Crippen molar-refractivity contribution in [1.29, 1.82) is 0 Å². The van der Waals surface area contributed by atoms with Gasteiger partial charge in [0.05, 0.1) is 29.5 Å². The van der Waals surface area contributed by atoms with E-state index in [0.29, 0.717) is 12.6 Å². The number of rotatable bonds is 5. The summed E-state index contributed by atoms with van der Waals surface area (Å²) in [5.74, 6) is -5.21.